The number of amides is 3. The molecule has 4 aromatic rings. The smallest absolute Gasteiger partial charge is 0.324 e. The van der Waals surface area contributed by atoms with Gasteiger partial charge in [0.15, 0.2) is 0 Å². The van der Waals surface area contributed by atoms with Crippen molar-refractivity contribution in [1.29, 1.82) is 0 Å². The fourth-order valence-electron chi connectivity index (χ4n) is 9.80. The molecule has 70 heavy (non-hydrogen) atoms. The Bertz CT molecular complexity index is 2620. The molecule has 0 spiro atoms. The number of carbonyl (C=O) groups is 4. The number of hydrazine groups is 1. The van der Waals surface area contributed by atoms with E-state index in [4.69, 9.17) is 19.2 Å². The predicted molar refractivity (Wildman–Crippen MR) is 273 cm³/mol. The maximum Gasteiger partial charge on any atom is 0.324 e. The lowest BCUT2D eigenvalue weighted by molar-refractivity contribution is -0.155. The molecule has 1 unspecified atom stereocenters. The van der Waals surface area contributed by atoms with Crippen LogP contribution < -0.4 is 10.7 Å². The van der Waals surface area contributed by atoms with Crippen LogP contribution in [-0.2, 0) is 52.8 Å². The number of nitrogens with one attached hydrogen (secondary N) is 2. The second kappa shape index (κ2) is 21.8. The Balaban J connectivity index is 1.18. The highest BCUT2D eigenvalue weighted by Gasteiger charge is 2.38. The zero-order valence-corrected chi connectivity index (χ0v) is 43.5. The molecule has 3 aliphatic heterocycles. The number of methoxy groups -OCH3 is 1. The third kappa shape index (κ3) is 11.6. The molecule has 0 aliphatic carbocycles. The van der Waals surface area contributed by atoms with Crippen molar-refractivity contribution in [2.75, 3.05) is 47.0 Å². The highest BCUT2D eigenvalue weighted by Crippen LogP contribution is 2.42. The molecule has 14 heteroatoms. The van der Waals surface area contributed by atoms with Crippen molar-refractivity contribution in [2.45, 2.75) is 137 Å². The lowest BCUT2D eigenvalue weighted by atomic mass is 9.84. The standard InChI is InChI=1S/C56H75N7O7/c1-13-62-48-22-21-40-29-43(48)44(51(62)42-19-15-25-57-50(42)37(6)68-12)30-55(7,8)34-70-54(67)46-20-16-26-63(59-46)53(66)47(28-38-17-14-18-39(40)27-38)58-52(65)45(35(2)3)33-69-41-31-61(32-41)49(64)23-24-56(9,10)60(11)36(4)5/h14-15,17-19,21-22,25,27,29,35-37,41,45-47,59H,13,16,20,26,28,30-34H2,1-12H3,(H,58,65)/t37-,45-,46?,47-/m0/s1. The number of aromatic nitrogens is 2. The van der Waals surface area contributed by atoms with E-state index >= 15 is 0 Å². The first-order chi connectivity index (χ1) is 33.2. The topological polar surface area (TPSA) is 148 Å². The van der Waals surface area contributed by atoms with E-state index in [9.17, 15) is 19.2 Å². The normalized spacial score (nSPS) is 19.9. The summed E-state index contributed by atoms with van der Waals surface area (Å²) in [6, 6.07) is 17.4. The van der Waals surface area contributed by atoms with Gasteiger partial charge in [-0.1, -0.05) is 63.9 Å². The Hall–Kier alpha value is -5.59. The third-order valence-electron chi connectivity index (χ3n) is 14.5. The fourth-order valence-corrected chi connectivity index (χ4v) is 9.80. The summed E-state index contributed by atoms with van der Waals surface area (Å²) in [5.41, 5.74) is 10.2. The van der Waals surface area contributed by atoms with E-state index in [-0.39, 0.29) is 61.5 Å². The average Bonchev–Trinajstić information content (AvgIpc) is 3.63. The molecule has 2 saturated heterocycles. The van der Waals surface area contributed by atoms with Crippen LogP contribution in [0.25, 0.3) is 33.3 Å². The second-order valence-electron chi connectivity index (χ2n) is 21.4. The molecule has 2 N–H and O–H groups in total. The molecule has 5 heterocycles. The van der Waals surface area contributed by atoms with Crippen LogP contribution in [0.3, 0.4) is 0 Å². The van der Waals surface area contributed by atoms with Crippen LogP contribution in [0.5, 0.6) is 0 Å². The number of pyridine rings is 1. The summed E-state index contributed by atoms with van der Waals surface area (Å²) in [6.45, 7) is 22.6. The third-order valence-corrected chi connectivity index (χ3v) is 14.5. The Labute approximate surface area is 415 Å². The number of fused-ring (bicyclic) bond motifs is 6. The maximum atomic E-state index is 14.7. The van der Waals surface area contributed by atoms with E-state index in [0.717, 1.165) is 50.1 Å². The van der Waals surface area contributed by atoms with E-state index in [1.165, 1.54) is 5.01 Å². The monoisotopic (exact) mass is 958 g/mol. The number of esters is 1. The van der Waals surface area contributed by atoms with Crippen LogP contribution in [-0.4, -0.2) is 125 Å². The molecular weight excluding hydrogens is 883 g/mol. The number of aryl methyl sites for hydroxylation is 1. The van der Waals surface area contributed by atoms with Gasteiger partial charge in [-0.15, -0.1) is 0 Å². The molecule has 14 nitrogen and oxygen atoms in total. The molecule has 6 bridgehead atoms. The van der Waals surface area contributed by atoms with Gasteiger partial charge in [-0.25, -0.2) is 5.43 Å². The van der Waals surface area contributed by atoms with Crippen molar-refractivity contribution in [3.05, 3.63) is 77.6 Å². The van der Waals surface area contributed by atoms with Crippen molar-refractivity contribution < 1.29 is 33.4 Å². The molecule has 0 radical (unpaired) electrons. The molecule has 2 aromatic carbocycles. The van der Waals surface area contributed by atoms with Crippen molar-refractivity contribution in [3.8, 4) is 34.2 Å². The summed E-state index contributed by atoms with van der Waals surface area (Å²) in [4.78, 5) is 64.6. The van der Waals surface area contributed by atoms with Crippen LogP contribution in [0.4, 0.5) is 0 Å². The first-order valence-electron chi connectivity index (χ1n) is 25.2. The van der Waals surface area contributed by atoms with Gasteiger partial charge in [-0.05, 0) is 126 Å². The van der Waals surface area contributed by atoms with E-state index in [0.29, 0.717) is 45.4 Å². The summed E-state index contributed by atoms with van der Waals surface area (Å²) in [7, 11) is 3.69. The summed E-state index contributed by atoms with van der Waals surface area (Å²) in [5.74, 6) is 3.95. The zero-order valence-electron chi connectivity index (χ0n) is 43.5. The van der Waals surface area contributed by atoms with Crippen LogP contribution in [0.15, 0.2) is 60.8 Å². The zero-order chi connectivity index (χ0) is 50.7. The van der Waals surface area contributed by atoms with Gasteiger partial charge in [0.05, 0.1) is 48.3 Å². The quantitative estimate of drug-likeness (QED) is 0.109. The van der Waals surface area contributed by atoms with Crippen molar-refractivity contribution in [1.82, 2.24) is 35.1 Å². The Kier molecular flexibility index (Phi) is 16.3. The van der Waals surface area contributed by atoms with Crippen LogP contribution >= 0.6 is 0 Å². The SMILES string of the molecule is CCn1c(-c2cccnc2[C@H](C)OC)c2c3cc(ccc31)-c1cccc(c1)C[C@H](NC(=O)[C@@H](COC1CN(C(=O)C#CC(C)(C)N(C)C(C)C)C1)C(C)C)C(=O)N1CCCC(N1)C(=O)OCC(C)(C)C2. The van der Waals surface area contributed by atoms with E-state index in [1.807, 2.05) is 59.9 Å². The van der Waals surface area contributed by atoms with Crippen molar-refractivity contribution in [3.63, 3.8) is 0 Å². The van der Waals surface area contributed by atoms with Gasteiger partial charge in [0, 0.05) is 73.8 Å². The molecule has 2 aromatic heterocycles. The van der Waals surface area contributed by atoms with Crippen LogP contribution in [0, 0.1) is 29.1 Å². The van der Waals surface area contributed by atoms with E-state index in [2.05, 4.69) is 103 Å². The van der Waals surface area contributed by atoms with Gasteiger partial charge in [-0.2, -0.15) is 0 Å². The molecule has 3 amide bonds. The highest BCUT2D eigenvalue weighted by molar-refractivity contribution is 5.96. The number of rotatable bonds is 12. The number of ether oxygens (including phenoxy) is 3. The Morgan fingerprint density at radius 3 is 2.49 bits per heavy atom. The minimum Gasteiger partial charge on any atom is -0.464 e. The fraction of sp³-hybridized carbons (Fsp3) is 0.554. The molecule has 7 rings (SSSR count). The predicted octanol–water partition coefficient (Wildman–Crippen LogP) is 7.37. The van der Waals surface area contributed by atoms with Crippen LogP contribution in [0.2, 0.25) is 0 Å². The molecule has 376 valence electrons. The first-order valence-corrected chi connectivity index (χ1v) is 25.2. The average molecular weight is 958 g/mol. The lowest BCUT2D eigenvalue weighted by Crippen LogP contribution is -2.61. The maximum absolute atomic E-state index is 14.7. The molecule has 2 fully saturated rings. The molecular formula is C56H75N7O7. The number of hydrogen-bond donors (Lipinski definition) is 2. The van der Waals surface area contributed by atoms with Gasteiger partial charge in [0.2, 0.25) is 5.91 Å². The summed E-state index contributed by atoms with van der Waals surface area (Å²) in [6.07, 6.45) is 3.21. The van der Waals surface area contributed by atoms with E-state index in [1.54, 1.807) is 18.2 Å². The van der Waals surface area contributed by atoms with Gasteiger partial charge >= 0.3 is 5.97 Å². The van der Waals surface area contributed by atoms with Crippen molar-refractivity contribution >= 4 is 34.6 Å². The highest BCUT2D eigenvalue weighted by atomic mass is 16.5. The summed E-state index contributed by atoms with van der Waals surface area (Å²) in [5, 5.41) is 5.71. The molecule has 0 saturated carbocycles. The number of nitrogens with zero attached hydrogens (tertiary/aromatic N) is 5. The van der Waals surface area contributed by atoms with E-state index < -0.39 is 34.9 Å². The lowest BCUT2D eigenvalue weighted by Gasteiger charge is -2.39. The Morgan fingerprint density at radius 1 is 1.04 bits per heavy atom. The number of likely N-dealkylation sites (tertiary alicyclic amines) is 1. The van der Waals surface area contributed by atoms with Gasteiger partial charge in [0.25, 0.3) is 11.8 Å². The van der Waals surface area contributed by atoms with Crippen molar-refractivity contribution in [2.24, 2.45) is 17.3 Å². The molecule has 3 aliphatic rings. The van der Waals surface area contributed by atoms with Gasteiger partial charge < -0.3 is 29.0 Å². The Morgan fingerprint density at radius 2 is 1.79 bits per heavy atom. The second-order valence-corrected chi connectivity index (χ2v) is 21.4. The molecule has 4 atom stereocenters. The van der Waals surface area contributed by atoms with Gasteiger partial charge in [-0.3, -0.25) is 34.1 Å². The minimum absolute atomic E-state index is 0.117. The summed E-state index contributed by atoms with van der Waals surface area (Å²) < 4.78 is 20.6. The van der Waals surface area contributed by atoms with Crippen LogP contribution in [0.1, 0.15) is 105 Å². The first kappa shape index (κ1) is 52.2. The number of benzene rings is 2. The minimum atomic E-state index is -0.961. The number of carbonyl (C=O) groups excluding carboxylic acids is 4. The number of cyclic esters (lactones) is 1. The largest absolute Gasteiger partial charge is 0.464 e. The summed E-state index contributed by atoms with van der Waals surface area (Å²) >= 11 is 0. The number of hydrogen-bond acceptors (Lipinski definition) is 10. The van der Waals surface area contributed by atoms with Gasteiger partial charge in [0.1, 0.15) is 12.1 Å².